The second-order valence-electron chi connectivity index (χ2n) is 4.46. The van der Waals surface area contributed by atoms with Gasteiger partial charge in [0.05, 0.1) is 17.6 Å². The van der Waals surface area contributed by atoms with Crippen LogP contribution in [0.25, 0.3) is 0 Å². The van der Waals surface area contributed by atoms with E-state index in [0.717, 1.165) is 16.4 Å². The zero-order valence-electron chi connectivity index (χ0n) is 10.4. The van der Waals surface area contributed by atoms with Crippen molar-refractivity contribution >= 4 is 15.7 Å². The van der Waals surface area contributed by atoms with Gasteiger partial charge < -0.3 is 5.11 Å². The molecule has 1 unspecified atom stereocenters. The first-order chi connectivity index (χ1) is 9.37. The second-order valence-corrected chi connectivity index (χ2v) is 6.32. The molecule has 0 amide bonds. The molecule has 1 aliphatic heterocycles. The maximum Gasteiger partial charge on any atom is 0.292 e. The van der Waals surface area contributed by atoms with Crippen LogP contribution in [0.1, 0.15) is 12.8 Å². The van der Waals surface area contributed by atoms with E-state index < -0.39 is 37.4 Å². The van der Waals surface area contributed by atoms with Gasteiger partial charge in [-0.2, -0.15) is 4.31 Å². The minimum Gasteiger partial charge on any atom is -0.395 e. The monoisotopic (exact) mass is 304 g/mol. The van der Waals surface area contributed by atoms with Crippen molar-refractivity contribution in [3.05, 3.63) is 34.1 Å². The summed E-state index contributed by atoms with van der Waals surface area (Å²) in [6.45, 7) is -0.170. The summed E-state index contributed by atoms with van der Waals surface area (Å²) in [4.78, 5) is 9.41. The van der Waals surface area contributed by atoms with Crippen molar-refractivity contribution in [2.45, 2.75) is 23.8 Å². The molecule has 9 heteroatoms. The summed E-state index contributed by atoms with van der Waals surface area (Å²) in [6.07, 6.45) is 1.06. The number of nitro benzene ring substituents is 1. The van der Waals surface area contributed by atoms with Crippen molar-refractivity contribution in [2.24, 2.45) is 0 Å². The van der Waals surface area contributed by atoms with Crippen LogP contribution in [0.15, 0.2) is 23.1 Å². The van der Waals surface area contributed by atoms with Crippen LogP contribution in [0.2, 0.25) is 0 Å². The summed E-state index contributed by atoms with van der Waals surface area (Å²) in [6, 6.07) is 1.74. The quantitative estimate of drug-likeness (QED) is 0.657. The third-order valence-electron chi connectivity index (χ3n) is 3.24. The van der Waals surface area contributed by atoms with Gasteiger partial charge in [-0.25, -0.2) is 12.8 Å². The molecule has 7 nitrogen and oxygen atoms in total. The van der Waals surface area contributed by atoms with E-state index in [-0.39, 0.29) is 13.2 Å². The van der Waals surface area contributed by atoms with Gasteiger partial charge in [-0.05, 0) is 25.0 Å². The number of halogens is 1. The number of sulfonamides is 1. The van der Waals surface area contributed by atoms with Crippen molar-refractivity contribution < 1.29 is 22.8 Å². The van der Waals surface area contributed by atoms with E-state index >= 15 is 0 Å². The van der Waals surface area contributed by atoms with Crippen LogP contribution >= 0.6 is 0 Å². The topological polar surface area (TPSA) is 101 Å². The molecule has 0 bridgehead atoms. The Kier molecular flexibility index (Phi) is 4.02. The van der Waals surface area contributed by atoms with E-state index in [1.807, 2.05) is 0 Å². The summed E-state index contributed by atoms with van der Waals surface area (Å²) >= 11 is 0. The standard InChI is InChI=1S/C11H13FN2O5S/c12-8-3-4-11(10(6-8)14(16)17)20(18,19)13-5-1-2-9(13)7-15/h3-4,6,9,15H,1-2,5,7H2. The van der Waals surface area contributed by atoms with Gasteiger partial charge in [-0.1, -0.05) is 0 Å². The van der Waals surface area contributed by atoms with Gasteiger partial charge in [-0.15, -0.1) is 0 Å². The normalized spacial score (nSPS) is 20.2. The number of hydrogen-bond donors (Lipinski definition) is 1. The van der Waals surface area contributed by atoms with Gasteiger partial charge in [0, 0.05) is 12.6 Å². The Labute approximate surface area is 114 Å². The highest BCUT2D eigenvalue weighted by Crippen LogP contribution is 2.31. The van der Waals surface area contributed by atoms with Crippen LogP contribution in [0, 0.1) is 15.9 Å². The Morgan fingerprint density at radius 2 is 2.20 bits per heavy atom. The Morgan fingerprint density at radius 3 is 2.80 bits per heavy atom. The molecule has 0 radical (unpaired) electrons. The minimum absolute atomic E-state index is 0.183. The van der Waals surface area contributed by atoms with Crippen LogP contribution in [0.5, 0.6) is 0 Å². The van der Waals surface area contributed by atoms with Crippen LogP contribution in [-0.4, -0.2) is 41.9 Å². The number of rotatable bonds is 4. The van der Waals surface area contributed by atoms with Crippen LogP contribution in [0.3, 0.4) is 0 Å². The van der Waals surface area contributed by atoms with Gasteiger partial charge in [0.1, 0.15) is 5.82 Å². The first-order valence-corrected chi connectivity index (χ1v) is 7.38. The van der Waals surface area contributed by atoms with Crippen molar-refractivity contribution in [2.75, 3.05) is 13.2 Å². The Balaban J connectivity index is 2.52. The van der Waals surface area contributed by atoms with E-state index in [1.54, 1.807) is 0 Å². The molecule has 1 aromatic rings. The molecule has 2 rings (SSSR count). The molecule has 1 heterocycles. The second kappa shape index (κ2) is 5.43. The highest BCUT2D eigenvalue weighted by Gasteiger charge is 2.38. The predicted octanol–water partition coefficient (Wildman–Crippen LogP) is 0.879. The zero-order chi connectivity index (χ0) is 14.9. The molecule has 1 aromatic carbocycles. The molecule has 1 saturated heterocycles. The highest BCUT2D eigenvalue weighted by atomic mass is 32.2. The average Bonchev–Trinajstić information content (AvgIpc) is 2.87. The Morgan fingerprint density at radius 1 is 1.50 bits per heavy atom. The molecule has 0 aromatic heterocycles. The molecule has 110 valence electrons. The van der Waals surface area contributed by atoms with E-state index in [4.69, 9.17) is 5.11 Å². The Bertz CT molecular complexity index is 634. The third-order valence-corrected chi connectivity index (χ3v) is 5.24. The van der Waals surface area contributed by atoms with Gasteiger partial charge in [0.15, 0.2) is 4.90 Å². The summed E-state index contributed by atoms with van der Waals surface area (Å²) in [5.74, 6) is -0.879. The smallest absolute Gasteiger partial charge is 0.292 e. The maximum atomic E-state index is 13.1. The third kappa shape index (κ3) is 2.51. The number of hydrogen-bond acceptors (Lipinski definition) is 5. The lowest BCUT2D eigenvalue weighted by atomic mass is 10.2. The van der Waals surface area contributed by atoms with Crippen molar-refractivity contribution in [1.82, 2.24) is 4.31 Å². The number of benzene rings is 1. The van der Waals surface area contributed by atoms with Crippen molar-refractivity contribution in [1.29, 1.82) is 0 Å². The molecule has 1 atom stereocenters. The lowest BCUT2D eigenvalue weighted by molar-refractivity contribution is -0.388. The molecule has 1 aliphatic rings. The molecule has 0 spiro atoms. The number of aliphatic hydroxyl groups is 1. The molecule has 1 N–H and O–H groups in total. The summed E-state index contributed by atoms with van der Waals surface area (Å²) in [7, 11) is -4.13. The predicted molar refractivity (Wildman–Crippen MR) is 67.1 cm³/mol. The molecule has 20 heavy (non-hydrogen) atoms. The SMILES string of the molecule is O=[N+]([O-])c1cc(F)ccc1S(=O)(=O)N1CCCC1CO. The fourth-order valence-corrected chi connectivity index (χ4v) is 4.11. The zero-order valence-corrected chi connectivity index (χ0v) is 11.2. The van der Waals surface area contributed by atoms with Gasteiger partial charge in [-0.3, -0.25) is 10.1 Å². The summed E-state index contributed by atoms with van der Waals surface area (Å²) in [5.41, 5.74) is -0.798. The van der Waals surface area contributed by atoms with Gasteiger partial charge in [0.25, 0.3) is 5.69 Å². The van der Waals surface area contributed by atoms with Gasteiger partial charge in [0.2, 0.25) is 10.0 Å². The van der Waals surface area contributed by atoms with E-state index in [2.05, 4.69) is 0 Å². The summed E-state index contributed by atoms with van der Waals surface area (Å²) in [5, 5.41) is 20.1. The molecule has 1 fully saturated rings. The van der Waals surface area contributed by atoms with E-state index in [1.165, 1.54) is 0 Å². The molecular formula is C11H13FN2O5S. The van der Waals surface area contributed by atoms with Crippen LogP contribution in [0.4, 0.5) is 10.1 Å². The lowest BCUT2D eigenvalue weighted by Crippen LogP contribution is -2.37. The van der Waals surface area contributed by atoms with Crippen molar-refractivity contribution in [3.8, 4) is 0 Å². The largest absolute Gasteiger partial charge is 0.395 e. The first kappa shape index (κ1) is 14.8. The maximum absolute atomic E-state index is 13.1. The lowest BCUT2D eigenvalue weighted by Gasteiger charge is -2.22. The fraction of sp³-hybridized carbons (Fsp3) is 0.455. The minimum atomic E-state index is -4.13. The highest BCUT2D eigenvalue weighted by molar-refractivity contribution is 7.89. The van der Waals surface area contributed by atoms with Crippen LogP contribution < -0.4 is 0 Å². The van der Waals surface area contributed by atoms with Crippen LogP contribution in [-0.2, 0) is 10.0 Å². The average molecular weight is 304 g/mol. The number of aliphatic hydroxyl groups excluding tert-OH is 1. The first-order valence-electron chi connectivity index (χ1n) is 5.94. The Hall–Kier alpha value is -1.58. The molecular weight excluding hydrogens is 291 g/mol. The van der Waals surface area contributed by atoms with E-state index in [9.17, 15) is 22.9 Å². The molecule has 0 aliphatic carbocycles. The summed E-state index contributed by atoms with van der Waals surface area (Å²) < 4.78 is 39.0. The fourth-order valence-electron chi connectivity index (χ4n) is 2.29. The van der Waals surface area contributed by atoms with Crippen molar-refractivity contribution in [3.63, 3.8) is 0 Å². The van der Waals surface area contributed by atoms with E-state index in [0.29, 0.717) is 18.9 Å². The number of nitrogens with zero attached hydrogens (tertiary/aromatic N) is 2. The molecule has 0 saturated carbocycles. The van der Waals surface area contributed by atoms with Gasteiger partial charge >= 0.3 is 0 Å². The number of nitro groups is 1.